The van der Waals surface area contributed by atoms with Crippen LogP contribution in [-0.2, 0) is 14.3 Å². The zero-order valence-corrected chi connectivity index (χ0v) is 26.5. The maximum absolute atomic E-state index is 12.3. The molecule has 0 aromatic rings. The number of alkyl carbamates (subject to hydrolysis) is 1. The molecular weight excluding hydrogens is 514 g/mol. The van der Waals surface area contributed by atoms with Crippen LogP contribution in [0.3, 0.4) is 0 Å². The minimum absolute atomic E-state index is 0.114. The molecule has 2 aliphatic rings. The first-order chi connectivity index (χ1) is 20.2. The Hall–Kier alpha value is -1.60. The second kappa shape index (κ2) is 24.9. The van der Waals surface area contributed by atoms with E-state index in [1.807, 2.05) is 4.90 Å². The Morgan fingerprint density at radius 1 is 0.854 bits per heavy atom. The van der Waals surface area contributed by atoms with Crippen molar-refractivity contribution < 1.29 is 19.1 Å². The highest BCUT2D eigenvalue weighted by Gasteiger charge is 2.28. The molecule has 0 aromatic carbocycles. The quantitative estimate of drug-likeness (QED) is 0.0691. The van der Waals surface area contributed by atoms with Crippen LogP contribution in [0.25, 0.3) is 0 Å². The van der Waals surface area contributed by atoms with Gasteiger partial charge in [-0.1, -0.05) is 115 Å². The van der Waals surface area contributed by atoms with E-state index in [4.69, 9.17) is 9.47 Å². The van der Waals surface area contributed by atoms with E-state index < -0.39 is 0 Å². The summed E-state index contributed by atoms with van der Waals surface area (Å²) in [6.07, 6.45) is 29.2. The Morgan fingerprint density at radius 3 is 2.00 bits per heavy atom. The fraction of sp³-hybridized carbons (Fsp3) is 0.882. The number of ether oxygens (including phenoxy) is 2. The summed E-state index contributed by atoms with van der Waals surface area (Å²) in [5.41, 5.74) is 0. The predicted octanol–water partition coefficient (Wildman–Crippen LogP) is 7.49. The van der Waals surface area contributed by atoms with Crippen LogP contribution in [0.1, 0.15) is 129 Å². The Morgan fingerprint density at radius 2 is 1.41 bits per heavy atom. The van der Waals surface area contributed by atoms with Crippen molar-refractivity contribution >= 4 is 12.5 Å². The van der Waals surface area contributed by atoms with E-state index in [-0.39, 0.29) is 18.1 Å². The molecule has 0 spiro atoms. The van der Waals surface area contributed by atoms with Gasteiger partial charge < -0.3 is 19.7 Å². The average Bonchev–Trinajstić information content (AvgIpc) is 3.01. The number of hydrogen-bond donors (Lipinski definition) is 1. The van der Waals surface area contributed by atoms with Crippen LogP contribution in [0, 0.1) is 5.92 Å². The topological polar surface area (TPSA) is 71.1 Å². The summed E-state index contributed by atoms with van der Waals surface area (Å²) >= 11 is 0. The van der Waals surface area contributed by atoms with Gasteiger partial charge in [0, 0.05) is 38.1 Å². The third-order valence-corrected chi connectivity index (χ3v) is 8.81. The molecule has 1 heterocycles. The van der Waals surface area contributed by atoms with E-state index in [1.54, 1.807) is 0 Å². The van der Waals surface area contributed by atoms with Crippen LogP contribution in [0.15, 0.2) is 12.2 Å². The van der Waals surface area contributed by atoms with Crippen LogP contribution in [-0.4, -0.2) is 80.9 Å². The number of amides is 2. The molecule has 0 bridgehead atoms. The van der Waals surface area contributed by atoms with Gasteiger partial charge in [0.25, 0.3) is 0 Å². The summed E-state index contributed by atoms with van der Waals surface area (Å²) in [5, 5.41) is 2.88. The molecule has 1 aliphatic heterocycles. The van der Waals surface area contributed by atoms with Crippen LogP contribution in [0.2, 0.25) is 0 Å². The average molecular weight is 578 g/mol. The van der Waals surface area contributed by atoms with Crippen LogP contribution in [0.4, 0.5) is 4.79 Å². The molecule has 0 radical (unpaired) electrons. The van der Waals surface area contributed by atoms with Crippen LogP contribution >= 0.6 is 0 Å². The lowest BCUT2D eigenvalue weighted by Crippen LogP contribution is -2.43. The van der Waals surface area contributed by atoms with Crippen molar-refractivity contribution in [3.05, 3.63) is 12.2 Å². The summed E-state index contributed by atoms with van der Waals surface area (Å²) in [6, 6.07) is 0.114. The van der Waals surface area contributed by atoms with Crippen molar-refractivity contribution in [1.82, 2.24) is 15.1 Å². The first-order valence-electron chi connectivity index (χ1n) is 17.3. The van der Waals surface area contributed by atoms with Crippen molar-refractivity contribution in [3.63, 3.8) is 0 Å². The fourth-order valence-electron chi connectivity index (χ4n) is 6.13. The molecule has 7 nitrogen and oxygen atoms in total. The van der Waals surface area contributed by atoms with Gasteiger partial charge in [-0.3, -0.25) is 9.69 Å². The van der Waals surface area contributed by atoms with E-state index in [2.05, 4.69) is 29.3 Å². The number of allylic oxidation sites excluding steroid dienone is 1. The van der Waals surface area contributed by atoms with Crippen molar-refractivity contribution in [1.29, 1.82) is 0 Å². The molecule has 0 saturated carbocycles. The molecule has 1 N–H and O–H groups in total. The van der Waals surface area contributed by atoms with Gasteiger partial charge in [-0.15, -0.1) is 0 Å². The number of nitrogens with zero attached hydrogens (tertiary/aromatic N) is 2. The van der Waals surface area contributed by atoms with E-state index in [0.717, 1.165) is 71.5 Å². The molecule has 1 saturated heterocycles. The molecule has 7 heteroatoms. The molecule has 41 heavy (non-hydrogen) atoms. The molecule has 2 rings (SSSR count). The summed E-state index contributed by atoms with van der Waals surface area (Å²) in [5.74, 6) is 0.158. The Balaban J connectivity index is 1.47. The first kappa shape index (κ1) is 35.6. The van der Waals surface area contributed by atoms with Crippen LogP contribution in [0.5, 0.6) is 0 Å². The number of nitrogens with one attached hydrogen (secondary N) is 1. The van der Waals surface area contributed by atoms with E-state index >= 15 is 0 Å². The molecule has 2 amide bonds. The molecule has 2 atom stereocenters. The monoisotopic (exact) mass is 577 g/mol. The summed E-state index contributed by atoms with van der Waals surface area (Å²) in [7, 11) is 0. The number of carbonyl (C=O) groups excluding carboxylic acids is 2. The number of carbonyl (C=O) groups is 2. The number of hydrogen-bond acceptors (Lipinski definition) is 5. The second-order valence-electron chi connectivity index (χ2n) is 12.2. The smallest absolute Gasteiger partial charge is 0.407 e. The highest BCUT2D eigenvalue weighted by atomic mass is 16.5. The molecule has 2 unspecified atom stereocenters. The summed E-state index contributed by atoms with van der Waals surface area (Å²) in [6.45, 7) is 8.54. The third kappa shape index (κ3) is 17.8. The standard InChI is InChI=1S/C34H63N3O4/c1-2-3-4-5-6-7-8-9-10-11-12-13-14-15-16-19-25-37(31-38)33-22-18-17-21-32(33)30-41-34(39)35-23-20-24-36-26-28-40-29-27-36/h17-18,31-33H,2-16,19-30H2,1H3,(H,35,39). The minimum atomic E-state index is -0.351. The minimum Gasteiger partial charge on any atom is -0.449 e. The van der Waals surface area contributed by atoms with Gasteiger partial charge in [0.05, 0.1) is 19.8 Å². The Bertz CT molecular complexity index is 668. The van der Waals surface area contributed by atoms with Gasteiger partial charge >= 0.3 is 6.09 Å². The number of rotatable bonds is 25. The van der Waals surface area contributed by atoms with Crippen molar-refractivity contribution in [2.24, 2.45) is 5.92 Å². The normalized spacial score (nSPS) is 19.2. The van der Waals surface area contributed by atoms with Gasteiger partial charge in [0.15, 0.2) is 0 Å². The lowest BCUT2D eigenvalue weighted by Gasteiger charge is -2.35. The maximum Gasteiger partial charge on any atom is 0.407 e. The fourth-order valence-corrected chi connectivity index (χ4v) is 6.13. The number of morpholine rings is 1. The molecule has 0 aromatic heterocycles. The Kier molecular flexibility index (Phi) is 21.7. The molecule has 238 valence electrons. The van der Waals surface area contributed by atoms with E-state index in [9.17, 15) is 9.59 Å². The SMILES string of the molecule is CCCCCCCCCCCCCCCCCCN(C=O)C1CC=CCC1COC(=O)NCCCN1CCOCC1. The van der Waals surface area contributed by atoms with Gasteiger partial charge in [0.1, 0.15) is 0 Å². The third-order valence-electron chi connectivity index (χ3n) is 8.81. The van der Waals surface area contributed by atoms with E-state index in [1.165, 1.54) is 96.3 Å². The lowest BCUT2D eigenvalue weighted by atomic mass is 9.88. The summed E-state index contributed by atoms with van der Waals surface area (Å²) in [4.78, 5) is 28.5. The van der Waals surface area contributed by atoms with Gasteiger partial charge in [-0.25, -0.2) is 4.79 Å². The highest BCUT2D eigenvalue weighted by molar-refractivity contribution is 5.67. The van der Waals surface area contributed by atoms with Crippen molar-refractivity contribution in [3.8, 4) is 0 Å². The molecule has 1 fully saturated rings. The first-order valence-corrected chi connectivity index (χ1v) is 17.3. The summed E-state index contributed by atoms with van der Waals surface area (Å²) < 4.78 is 10.9. The Labute approximate surface area is 252 Å². The lowest BCUT2D eigenvalue weighted by molar-refractivity contribution is -0.121. The van der Waals surface area contributed by atoms with E-state index in [0.29, 0.717) is 13.2 Å². The van der Waals surface area contributed by atoms with Crippen molar-refractivity contribution in [2.75, 3.05) is 52.5 Å². The van der Waals surface area contributed by atoms with Gasteiger partial charge in [-0.05, 0) is 32.2 Å². The largest absolute Gasteiger partial charge is 0.449 e. The second-order valence-corrected chi connectivity index (χ2v) is 12.2. The van der Waals surface area contributed by atoms with Crippen LogP contribution < -0.4 is 5.32 Å². The van der Waals surface area contributed by atoms with Gasteiger partial charge in [0.2, 0.25) is 6.41 Å². The van der Waals surface area contributed by atoms with Gasteiger partial charge in [-0.2, -0.15) is 0 Å². The molecular formula is C34H63N3O4. The number of unbranched alkanes of at least 4 members (excludes halogenated alkanes) is 15. The maximum atomic E-state index is 12.3. The highest BCUT2D eigenvalue weighted by Crippen LogP contribution is 2.24. The van der Waals surface area contributed by atoms with Crippen molar-refractivity contribution in [2.45, 2.75) is 135 Å². The zero-order chi connectivity index (χ0) is 29.2. The zero-order valence-electron chi connectivity index (χ0n) is 26.5. The molecule has 1 aliphatic carbocycles. The predicted molar refractivity (Wildman–Crippen MR) is 169 cm³/mol.